The number of hydrogen-bond donors (Lipinski definition) is 3. The predicted molar refractivity (Wildman–Crippen MR) is 99.6 cm³/mol. The van der Waals surface area contributed by atoms with Gasteiger partial charge in [0.05, 0.1) is 0 Å². The van der Waals surface area contributed by atoms with Crippen LogP contribution in [0.5, 0.6) is 0 Å². The molecular weight excluding hydrogens is 332 g/mol. The number of nitrogens with two attached hydrogens (primary N) is 1. The van der Waals surface area contributed by atoms with Gasteiger partial charge < -0.3 is 16.2 Å². The fourth-order valence-corrected chi connectivity index (χ4v) is 4.44. The largest absolute Gasteiger partial charge is 0.479 e. The highest BCUT2D eigenvalue weighted by Crippen LogP contribution is 2.32. The van der Waals surface area contributed by atoms with Crippen molar-refractivity contribution < 1.29 is 19.5 Å². The van der Waals surface area contributed by atoms with Crippen molar-refractivity contribution in [1.82, 2.24) is 5.32 Å². The summed E-state index contributed by atoms with van der Waals surface area (Å²) >= 11 is 0. The standard InChI is InChI=1S/C20H34N2O4/c21-14-8-7-13-20(19(25)26,17(23)15-9-3-1-4-10-15)22-18(24)16-11-5-2-6-12-16/h15-16H,1-14,21H2,(H,22,24)(H,25,26)/t20-/m1/s1. The molecule has 2 rings (SSSR count). The molecule has 1 atom stereocenters. The summed E-state index contributed by atoms with van der Waals surface area (Å²) < 4.78 is 0. The van der Waals surface area contributed by atoms with E-state index >= 15 is 0 Å². The van der Waals surface area contributed by atoms with E-state index in [0.29, 0.717) is 19.4 Å². The minimum atomic E-state index is -1.79. The van der Waals surface area contributed by atoms with Crippen molar-refractivity contribution in [1.29, 1.82) is 0 Å². The van der Waals surface area contributed by atoms with Gasteiger partial charge in [0.15, 0.2) is 11.3 Å². The summed E-state index contributed by atoms with van der Waals surface area (Å²) in [5, 5.41) is 12.7. The normalized spacial score (nSPS) is 21.7. The van der Waals surface area contributed by atoms with Crippen LogP contribution in [-0.4, -0.2) is 34.8 Å². The molecule has 148 valence electrons. The van der Waals surface area contributed by atoms with Crippen LogP contribution in [0.1, 0.15) is 83.5 Å². The highest BCUT2D eigenvalue weighted by molar-refractivity contribution is 6.11. The first-order valence-electron chi connectivity index (χ1n) is 10.3. The van der Waals surface area contributed by atoms with Gasteiger partial charge >= 0.3 is 5.97 Å². The van der Waals surface area contributed by atoms with Crippen molar-refractivity contribution in [2.24, 2.45) is 17.6 Å². The van der Waals surface area contributed by atoms with Crippen LogP contribution in [0, 0.1) is 11.8 Å². The lowest BCUT2D eigenvalue weighted by molar-refractivity contribution is -0.156. The summed E-state index contributed by atoms with van der Waals surface area (Å²) in [7, 11) is 0. The molecule has 0 saturated heterocycles. The van der Waals surface area contributed by atoms with Gasteiger partial charge in [-0.05, 0) is 51.5 Å². The zero-order valence-corrected chi connectivity index (χ0v) is 15.8. The van der Waals surface area contributed by atoms with E-state index in [0.717, 1.165) is 64.2 Å². The molecular formula is C20H34N2O4. The maximum Gasteiger partial charge on any atom is 0.337 e. The third-order valence-corrected chi connectivity index (χ3v) is 6.08. The van der Waals surface area contributed by atoms with E-state index < -0.39 is 11.5 Å². The number of nitrogens with one attached hydrogen (secondary N) is 1. The van der Waals surface area contributed by atoms with Gasteiger partial charge in [0.1, 0.15) is 0 Å². The smallest absolute Gasteiger partial charge is 0.337 e. The van der Waals surface area contributed by atoms with Crippen molar-refractivity contribution in [3.8, 4) is 0 Å². The topological polar surface area (TPSA) is 109 Å². The Kier molecular flexibility index (Phi) is 8.07. The van der Waals surface area contributed by atoms with Crippen LogP contribution in [0.4, 0.5) is 0 Å². The molecule has 6 heteroatoms. The Bertz CT molecular complexity index is 496. The van der Waals surface area contributed by atoms with Gasteiger partial charge in [-0.15, -0.1) is 0 Å². The molecule has 0 spiro atoms. The number of unbranched alkanes of at least 4 members (excludes halogenated alkanes) is 1. The fraction of sp³-hybridized carbons (Fsp3) is 0.850. The summed E-state index contributed by atoms with van der Waals surface area (Å²) in [4.78, 5) is 38.3. The number of carbonyl (C=O) groups excluding carboxylic acids is 2. The van der Waals surface area contributed by atoms with Gasteiger partial charge in [0, 0.05) is 11.8 Å². The first-order chi connectivity index (χ1) is 12.5. The molecule has 26 heavy (non-hydrogen) atoms. The second kappa shape index (κ2) is 10.0. The molecule has 0 aromatic heterocycles. The first kappa shape index (κ1) is 20.9. The van der Waals surface area contributed by atoms with Crippen molar-refractivity contribution in [3.63, 3.8) is 0 Å². The summed E-state index contributed by atoms with van der Waals surface area (Å²) in [5.74, 6) is -2.20. The molecule has 1 amide bonds. The summed E-state index contributed by atoms with van der Waals surface area (Å²) in [6, 6.07) is 0. The minimum absolute atomic E-state index is 0.132. The van der Waals surface area contributed by atoms with Crippen LogP contribution in [0.2, 0.25) is 0 Å². The van der Waals surface area contributed by atoms with E-state index in [1.54, 1.807) is 0 Å². The number of amides is 1. The van der Waals surface area contributed by atoms with Crippen LogP contribution in [-0.2, 0) is 14.4 Å². The molecule has 4 N–H and O–H groups in total. The molecule has 2 saturated carbocycles. The SMILES string of the molecule is NCCCC[C@](NC(=O)C1CCCCC1)(C(=O)O)C(=O)C1CCCCC1. The van der Waals surface area contributed by atoms with E-state index in [4.69, 9.17) is 5.73 Å². The van der Waals surface area contributed by atoms with Gasteiger partial charge in [0.25, 0.3) is 0 Å². The highest BCUT2D eigenvalue weighted by Gasteiger charge is 2.50. The number of carboxylic acid groups (broad SMARTS) is 1. The van der Waals surface area contributed by atoms with E-state index in [-0.39, 0.29) is 29.9 Å². The Morgan fingerprint density at radius 2 is 1.42 bits per heavy atom. The van der Waals surface area contributed by atoms with Gasteiger partial charge in [-0.2, -0.15) is 0 Å². The van der Waals surface area contributed by atoms with Crippen molar-refractivity contribution in [2.45, 2.75) is 89.0 Å². The Balaban J connectivity index is 2.20. The first-order valence-corrected chi connectivity index (χ1v) is 10.3. The van der Waals surface area contributed by atoms with Crippen LogP contribution in [0.25, 0.3) is 0 Å². The van der Waals surface area contributed by atoms with E-state index in [9.17, 15) is 19.5 Å². The Morgan fingerprint density at radius 1 is 0.885 bits per heavy atom. The van der Waals surface area contributed by atoms with Gasteiger partial charge in [-0.3, -0.25) is 9.59 Å². The maximum atomic E-state index is 13.2. The summed E-state index contributed by atoms with van der Waals surface area (Å²) in [6.07, 6.45) is 10.4. The molecule has 0 aromatic rings. The third-order valence-electron chi connectivity index (χ3n) is 6.08. The Morgan fingerprint density at radius 3 is 1.92 bits per heavy atom. The van der Waals surface area contributed by atoms with E-state index in [1.807, 2.05) is 0 Å². The van der Waals surface area contributed by atoms with E-state index in [1.165, 1.54) is 0 Å². The molecule has 0 bridgehead atoms. The molecule has 6 nitrogen and oxygen atoms in total. The lowest BCUT2D eigenvalue weighted by atomic mass is 9.75. The number of ketones is 1. The number of carboxylic acids is 1. The maximum absolute atomic E-state index is 13.2. The number of carbonyl (C=O) groups is 3. The zero-order valence-electron chi connectivity index (χ0n) is 15.8. The average Bonchev–Trinajstić information content (AvgIpc) is 2.67. The molecule has 2 aliphatic rings. The molecule has 0 radical (unpaired) electrons. The number of rotatable bonds is 9. The van der Waals surface area contributed by atoms with E-state index in [2.05, 4.69) is 5.32 Å². The molecule has 2 fully saturated rings. The number of Topliss-reactive ketones (excluding diaryl/α,β-unsaturated/α-hetero) is 1. The van der Waals surface area contributed by atoms with Gasteiger partial charge in [-0.1, -0.05) is 38.5 Å². The quantitative estimate of drug-likeness (QED) is 0.429. The van der Waals surface area contributed by atoms with Gasteiger partial charge in [-0.25, -0.2) is 4.79 Å². The molecule has 0 heterocycles. The van der Waals surface area contributed by atoms with Crippen LogP contribution >= 0.6 is 0 Å². The lowest BCUT2D eigenvalue weighted by Crippen LogP contribution is -2.63. The second-order valence-electron chi connectivity index (χ2n) is 7.98. The lowest BCUT2D eigenvalue weighted by Gasteiger charge is -2.35. The molecule has 0 aromatic carbocycles. The van der Waals surface area contributed by atoms with Crippen molar-refractivity contribution in [3.05, 3.63) is 0 Å². The number of aliphatic carboxylic acids is 1. The molecule has 0 unspecified atom stereocenters. The highest BCUT2D eigenvalue weighted by atomic mass is 16.4. The minimum Gasteiger partial charge on any atom is -0.479 e. The monoisotopic (exact) mass is 366 g/mol. The average molecular weight is 367 g/mol. The van der Waals surface area contributed by atoms with Crippen LogP contribution in [0.3, 0.4) is 0 Å². The summed E-state index contributed by atoms with van der Waals surface area (Å²) in [5.41, 5.74) is 3.77. The fourth-order valence-electron chi connectivity index (χ4n) is 4.44. The molecule has 0 aliphatic heterocycles. The molecule has 2 aliphatic carbocycles. The van der Waals surface area contributed by atoms with Crippen molar-refractivity contribution in [2.75, 3.05) is 6.54 Å². The number of hydrogen-bond acceptors (Lipinski definition) is 4. The predicted octanol–water partition coefficient (Wildman–Crippen LogP) is 2.78. The van der Waals surface area contributed by atoms with Crippen LogP contribution in [0.15, 0.2) is 0 Å². The zero-order chi connectivity index (χ0) is 19.0. The third kappa shape index (κ3) is 5.06. The van der Waals surface area contributed by atoms with Crippen molar-refractivity contribution >= 4 is 17.7 Å². The summed E-state index contributed by atoms with van der Waals surface area (Å²) in [6.45, 7) is 0.448. The second-order valence-corrected chi connectivity index (χ2v) is 7.98. The Hall–Kier alpha value is -1.43. The van der Waals surface area contributed by atoms with Gasteiger partial charge in [0.2, 0.25) is 5.91 Å². The Labute approximate surface area is 156 Å². The van der Waals surface area contributed by atoms with Crippen LogP contribution < -0.4 is 11.1 Å².